The van der Waals surface area contributed by atoms with E-state index in [1.807, 2.05) is 25.1 Å². The van der Waals surface area contributed by atoms with Gasteiger partial charge in [-0.25, -0.2) is 4.79 Å². The van der Waals surface area contributed by atoms with Gasteiger partial charge in [0.1, 0.15) is 11.3 Å². The van der Waals surface area contributed by atoms with Crippen LogP contribution in [0.3, 0.4) is 0 Å². The summed E-state index contributed by atoms with van der Waals surface area (Å²) in [7, 11) is 0. The van der Waals surface area contributed by atoms with Crippen LogP contribution in [0.4, 0.5) is 5.69 Å². The van der Waals surface area contributed by atoms with Crippen molar-refractivity contribution < 1.29 is 19.1 Å². The standard InChI is InChI=1S/C17H16INO4/c1-2-22-15-10-6-3-7-12(15)17(21)23-11-16(20)19-14-9-5-4-8-13(14)18/h3-10H,2,11H2,1H3,(H,19,20). The lowest BCUT2D eigenvalue weighted by atomic mass is 10.2. The van der Waals surface area contributed by atoms with Crippen molar-refractivity contribution in [2.45, 2.75) is 6.92 Å². The molecule has 120 valence electrons. The van der Waals surface area contributed by atoms with Crippen molar-refractivity contribution in [3.63, 3.8) is 0 Å². The van der Waals surface area contributed by atoms with E-state index in [0.29, 0.717) is 23.6 Å². The van der Waals surface area contributed by atoms with Crippen LogP contribution in [0.15, 0.2) is 48.5 Å². The number of hydrogen-bond acceptors (Lipinski definition) is 4. The third kappa shape index (κ3) is 4.95. The van der Waals surface area contributed by atoms with Gasteiger partial charge in [-0.1, -0.05) is 24.3 Å². The quantitative estimate of drug-likeness (QED) is 0.569. The van der Waals surface area contributed by atoms with Gasteiger partial charge in [-0.15, -0.1) is 0 Å². The highest BCUT2D eigenvalue weighted by Crippen LogP contribution is 2.19. The van der Waals surface area contributed by atoms with Gasteiger partial charge in [-0.3, -0.25) is 4.79 Å². The van der Waals surface area contributed by atoms with Crippen molar-refractivity contribution >= 4 is 40.2 Å². The van der Waals surface area contributed by atoms with E-state index < -0.39 is 11.9 Å². The first-order chi connectivity index (χ1) is 11.1. The molecule has 2 rings (SSSR count). The Kier molecular flexibility index (Phi) is 6.40. The SMILES string of the molecule is CCOc1ccccc1C(=O)OCC(=O)Nc1ccccc1I. The van der Waals surface area contributed by atoms with E-state index in [9.17, 15) is 9.59 Å². The fraction of sp³-hybridized carbons (Fsp3) is 0.176. The van der Waals surface area contributed by atoms with Gasteiger partial charge in [0.2, 0.25) is 0 Å². The molecule has 0 radical (unpaired) electrons. The smallest absolute Gasteiger partial charge is 0.342 e. The molecule has 0 fully saturated rings. The average molecular weight is 425 g/mol. The highest BCUT2D eigenvalue weighted by Gasteiger charge is 2.15. The zero-order valence-corrected chi connectivity index (χ0v) is 14.7. The molecule has 5 nitrogen and oxygen atoms in total. The van der Waals surface area contributed by atoms with Crippen LogP contribution in [-0.4, -0.2) is 25.1 Å². The predicted octanol–water partition coefficient (Wildman–Crippen LogP) is 3.49. The van der Waals surface area contributed by atoms with Crippen LogP contribution in [-0.2, 0) is 9.53 Å². The summed E-state index contributed by atoms with van der Waals surface area (Å²) in [6.07, 6.45) is 0. The second-order valence-corrected chi connectivity index (χ2v) is 5.70. The van der Waals surface area contributed by atoms with Crippen molar-refractivity contribution in [2.75, 3.05) is 18.5 Å². The van der Waals surface area contributed by atoms with Crippen molar-refractivity contribution in [1.29, 1.82) is 0 Å². The maximum atomic E-state index is 12.1. The van der Waals surface area contributed by atoms with Crippen LogP contribution in [0.5, 0.6) is 5.75 Å². The number of carbonyl (C=O) groups excluding carboxylic acids is 2. The molecule has 0 bridgehead atoms. The molecule has 0 saturated carbocycles. The Hall–Kier alpha value is -2.09. The molecule has 0 aliphatic carbocycles. The first kappa shape index (κ1) is 17.3. The molecule has 1 N–H and O–H groups in total. The normalized spacial score (nSPS) is 10.0. The second-order valence-electron chi connectivity index (χ2n) is 4.53. The Labute approximate surface area is 148 Å². The molecule has 0 aromatic heterocycles. The fourth-order valence-corrected chi connectivity index (χ4v) is 2.40. The molecule has 0 spiro atoms. The minimum atomic E-state index is -0.591. The molecule has 6 heteroatoms. The highest BCUT2D eigenvalue weighted by atomic mass is 127. The minimum Gasteiger partial charge on any atom is -0.493 e. The summed E-state index contributed by atoms with van der Waals surface area (Å²) in [5.41, 5.74) is 0.986. The van der Waals surface area contributed by atoms with E-state index in [2.05, 4.69) is 27.9 Å². The molecule has 0 aliphatic rings. The number of anilines is 1. The number of carbonyl (C=O) groups is 2. The molecule has 0 heterocycles. The Bertz CT molecular complexity index is 702. The van der Waals surface area contributed by atoms with Crippen LogP contribution in [0, 0.1) is 3.57 Å². The number of rotatable bonds is 6. The molecule has 2 aromatic rings. The average Bonchev–Trinajstić information content (AvgIpc) is 2.55. The van der Waals surface area contributed by atoms with Crippen LogP contribution in [0.1, 0.15) is 17.3 Å². The van der Waals surface area contributed by atoms with Crippen LogP contribution < -0.4 is 10.1 Å². The number of benzene rings is 2. The number of nitrogens with one attached hydrogen (secondary N) is 1. The van der Waals surface area contributed by atoms with E-state index in [4.69, 9.17) is 9.47 Å². The monoisotopic (exact) mass is 425 g/mol. The molecular weight excluding hydrogens is 409 g/mol. The van der Waals surface area contributed by atoms with E-state index in [1.54, 1.807) is 30.3 Å². The Morgan fingerprint density at radius 1 is 1.09 bits per heavy atom. The number of ether oxygens (including phenoxy) is 2. The number of para-hydroxylation sites is 2. The summed E-state index contributed by atoms with van der Waals surface area (Å²) in [6.45, 7) is 1.92. The number of esters is 1. The van der Waals surface area contributed by atoms with Gasteiger partial charge >= 0.3 is 5.97 Å². The predicted molar refractivity (Wildman–Crippen MR) is 95.7 cm³/mol. The van der Waals surface area contributed by atoms with Crippen molar-refractivity contribution in [3.05, 3.63) is 57.7 Å². The summed E-state index contributed by atoms with van der Waals surface area (Å²) < 4.78 is 11.3. The Morgan fingerprint density at radius 2 is 1.78 bits per heavy atom. The lowest BCUT2D eigenvalue weighted by molar-refractivity contribution is -0.119. The van der Waals surface area contributed by atoms with Crippen molar-refractivity contribution in [1.82, 2.24) is 0 Å². The molecule has 0 aliphatic heterocycles. The molecule has 1 amide bonds. The minimum absolute atomic E-state index is 0.302. The van der Waals surface area contributed by atoms with Gasteiger partial charge in [0.15, 0.2) is 6.61 Å². The first-order valence-electron chi connectivity index (χ1n) is 7.05. The highest BCUT2D eigenvalue weighted by molar-refractivity contribution is 14.1. The maximum absolute atomic E-state index is 12.1. The van der Waals surface area contributed by atoms with Crippen molar-refractivity contribution in [3.8, 4) is 5.75 Å². The van der Waals surface area contributed by atoms with Crippen LogP contribution in [0.25, 0.3) is 0 Å². The maximum Gasteiger partial charge on any atom is 0.342 e. The van der Waals surface area contributed by atoms with Crippen molar-refractivity contribution in [2.24, 2.45) is 0 Å². The van der Waals surface area contributed by atoms with Gasteiger partial charge in [-0.05, 0) is 53.8 Å². The first-order valence-corrected chi connectivity index (χ1v) is 8.13. The van der Waals surface area contributed by atoms with Gasteiger partial charge in [0.05, 0.1) is 12.3 Å². The fourth-order valence-electron chi connectivity index (χ4n) is 1.87. The lowest BCUT2D eigenvalue weighted by Crippen LogP contribution is -2.21. The third-order valence-corrected chi connectivity index (χ3v) is 3.83. The number of hydrogen-bond donors (Lipinski definition) is 1. The molecule has 0 atom stereocenters. The van der Waals surface area contributed by atoms with Gasteiger partial charge in [0, 0.05) is 3.57 Å². The number of halogens is 1. The zero-order valence-electron chi connectivity index (χ0n) is 12.5. The Balaban J connectivity index is 1.94. The van der Waals surface area contributed by atoms with Crippen LogP contribution in [0.2, 0.25) is 0 Å². The molecule has 23 heavy (non-hydrogen) atoms. The lowest BCUT2D eigenvalue weighted by Gasteiger charge is -2.10. The zero-order chi connectivity index (χ0) is 16.7. The number of amides is 1. The summed E-state index contributed by atoms with van der Waals surface area (Å²) in [6, 6.07) is 14.1. The molecule has 0 saturated heterocycles. The summed E-state index contributed by atoms with van der Waals surface area (Å²) >= 11 is 2.12. The van der Waals surface area contributed by atoms with E-state index in [1.165, 1.54) is 0 Å². The topological polar surface area (TPSA) is 64.6 Å². The summed E-state index contributed by atoms with van der Waals surface area (Å²) in [4.78, 5) is 24.0. The van der Waals surface area contributed by atoms with Gasteiger partial charge < -0.3 is 14.8 Å². The largest absolute Gasteiger partial charge is 0.493 e. The van der Waals surface area contributed by atoms with E-state index >= 15 is 0 Å². The molecular formula is C17H16INO4. The summed E-state index contributed by atoms with van der Waals surface area (Å²) in [5.74, 6) is -0.540. The van der Waals surface area contributed by atoms with Gasteiger partial charge in [0.25, 0.3) is 5.91 Å². The van der Waals surface area contributed by atoms with Crippen LogP contribution >= 0.6 is 22.6 Å². The van der Waals surface area contributed by atoms with E-state index in [0.717, 1.165) is 3.57 Å². The third-order valence-electron chi connectivity index (χ3n) is 2.89. The Morgan fingerprint density at radius 3 is 2.52 bits per heavy atom. The van der Waals surface area contributed by atoms with Gasteiger partial charge in [-0.2, -0.15) is 0 Å². The van der Waals surface area contributed by atoms with E-state index in [-0.39, 0.29) is 6.61 Å². The molecule has 2 aromatic carbocycles. The molecule has 0 unspecified atom stereocenters. The second kappa shape index (κ2) is 8.52. The summed E-state index contributed by atoms with van der Waals surface area (Å²) in [5, 5.41) is 2.70.